The maximum atomic E-state index is 11.4. The lowest BCUT2D eigenvalue weighted by Crippen LogP contribution is -2.33. The van der Waals surface area contributed by atoms with Crippen molar-refractivity contribution in [1.82, 2.24) is 10.3 Å². The fourth-order valence-corrected chi connectivity index (χ4v) is 3.00. The van der Waals surface area contributed by atoms with Crippen LogP contribution in [0.1, 0.15) is 69.7 Å². The highest BCUT2D eigenvalue weighted by Gasteiger charge is 2.21. The lowest BCUT2D eigenvalue weighted by atomic mass is 9.90. The quantitative estimate of drug-likeness (QED) is 0.773. The molecule has 3 nitrogen and oxygen atoms in total. The van der Waals surface area contributed by atoms with Gasteiger partial charge in [0.25, 0.3) is 0 Å². The fourth-order valence-electron chi connectivity index (χ4n) is 3.00. The first kappa shape index (κ1) is 14.3. The Balaban J connectivity index is 1.97. The first-order valence-corrected chi connectivity index (χ1v) is 7.69. The number of aryl methyl sites for hydroxylation is 1. The Bertz CT molecular complexity index is 452. The molecule has 2 N–H and O–H groups in total. The van der Waals surface area contributed by atoms with Gasteiger partial charge < -0.3 is 10.3 Å². The van der Waals surface area contributed by atoms with Crippen LogP contribution in [0.15, 0.2) is 16.9 Å². The van der Waals surface area contributed by atoms with Gasteiger partial charge in [0.15, 0.2) is 0 Å². The molecule has 106 valence electrons. The molecule has 2 unspecified atom stereocenters. The summed E-state index contributed by atoms with van der Waals surface area (Å²) in [5.41, 5.74) is 2.46. The van der Waals surface area contributed by atoms with Crippen LogP contribution in [0.3, 0.4) is 0 Å². The summed E-state index contributed by atoms with van der Waals surface area (Å²) in [6.07, 6.45) is 8.48. The second-order valence-corrected chi connectivity index (χ2v) is 5.76. The molecule has 0 radical (unpaired) electrons. The summed E-state index contributed by atoms with van der Waals surface area (Å²) in [6.45, 7) is 4.52. The van der Waals surface area contributed by atoms with Gasteiger partial charge in [-0.3, -0.25) is 4.79 Å². The summed E-state index contributed by atoms with van der Waals surface area (Å²) in [5.74, 6) is 0. The van der Waals surface area contributed by atoms with Gasteiger partial charge in [0.2, 0.25) is 5.56 Å². The number of unbranched alkanes of at least 4 members (excludes halogenated alkanes) is 2. The molecule has 1 aromatic heterocycles. The Morgan fingerprint density at radius 2 is 2.26 bits per heavy atom. The molecule has 1 heterocycles. The molecule has 1 aliphatic rings. The average Bonchev–Trinajstić information content (AvgIpc) is 2.39. The van der Waals surface area contributed by atoms with Crippen LogP contribution in [0.2, 0.25) is 0 Å². The van der Waals surface area contributed by atoms with Crippen molar-refractivity contribution in [3.63, 3.8) is 0 Å². The topological polar surface area (TPSA) is 44.9 Å². The van der Waals surface area contributed by atoms with E-state index in [2.05, 4.69) is 24.1 Å². The Kier molecular flexibility index (Phi) is 5.20. The number of H-pyrrole nitrogens is 1. The number of nitrogens with one attached hydrogen (secondary N) is 2. The molecular weight excluding hydrogens is 236 g/mol. The second-order valence-electron chi connectivity index (χ2n) is 5.76. The number of hydrogen-bond donors (Lipinski definition) is 2. The lowest BCUT2D eigenvalue weighted by Gasteiger charge is -2.29. The highest BCUT2D eigenvalue weighted by atomic mass is 16.1. The van der Waals surface area contributed by atoms with Crippen molar-refractivity contribution in [2.75, 3.05) is 0 Å². The maximum absolute atomic E-state index is 11.4. The van der Waals surface area contributed by atoms with E-state index in [1.165, 1.54) is 37.7 Å². The van der Waals surface area contributed by atoms with E-state index < -0.39 is 0 Å². The Labute approximate surface area is 115 Å². The third-order valence-electron chi connectivity index (χ3n) is 4.06. The number of aromatic amines is 1. The van der Waals surface area contributed by atoms with E-state index in [1.54, 1.807) is 6.07 Å². The molecule has 2 atom stereocenters. The van der Waals surface area contributed by atoms with Crippen molar-refractivity contribution in [2.45, 2.75) is 70.9 Å². The summed E-state index contributed by atoms with van der Waals surface area (Å²) in [6, 6.07) is 4.62. The van der Waals surface area contributed by atoms with Gasteiger partial charge in [-0.15, -0.1) is 0 Å². The van der Waals surface area contributed by atoms with Gasteiger partial charge in [0.05, 0.1) is 0 Å². The molecule has 0 saturated heterocycles. The number of hydrogen-bond acceptors (Lipinski definition) is 2. The lowest BCUT2D eigenvalue weighted by molar-refractivity contribution is 0.384. The van der Waals surface area contributed by atoms with Crippen molar-refractivity contribution < 1.29 is 0 Å². The highest BCUT2D eigenvalue weighted by molar-refractivity contribution is 5.26. The van der Waals surface area contributed by atoms with Crippen LogP contribution >= 0.6 is 0 Å². The van der Waals surface area contributed by atoms with Gasteiger partial charge in [0, 0.05) is 23.8 Å². The van der Waals surface area contributed by atoms with Crippen LogP contribution in [0.4, 0.5) is 0 Å². The Hall–Kier alpha value is -1.09. The minimum absolute atomic E-state index is 0.0235. The van der Waals surface area contributed by atoms with Crippen molar-refractivity contribution in [1.29, 1.82) is 0 Å². The zero-order chi connectivity index (χ0) is 13.7. The normalized spacial score (nSPS) is 20.0. The molecule has 0 aliphatic heterocycles. The minimum Gasteiger partial charge on any atom is -0.326 e. The van der Waals surface area contributed by atoms with Crippen LogP contribution in [-0.4, -0.2) is 11.0 Å². The van der Waals surface area contributed by atoms with E-state index in [0.29, 0.717) is 12.1 Å². The maximum Gasteiger partial charge on any atom is 0.248 e. The third kappa shape index (κ3) is 3.93. The summed E-state index contributed by atoms with van der Waals surface area (Å²) in [5, 5.41) is 3.73. The molecule has 0 aromatic carbocycles. The van der Waals surface area contributed by atoms with Crippen LogP contribution in [0, 0.1) is 0 Å². The fraction of sp³-hybridized carbons (Fsp3) is 0.688. The molecule has 0 spiro atoms. The minimum atomic E-state index is 0.0235. The van der Waals surface area contributed by atoms with Crippen LogP contribution in [0.25, 0.3) is 0 Å². The molecule has 19 heavy (non-hydrogen) atoms. The summed E-state index contributed by atoms with van der Waals surface area (Å²) < 4.78 is 0. The SMILES string of the molecule is CCCCCC(C)NC1CCCc2[nH]c(=O)ccc21. The van der Waals surface area contributed by atoms with E-state index >= 15 is 0 Å². The van der Waals surface area contributed by atoms with Crippen LogP contribution in [0.5, 0.6) is 0 Å². The van der Waals surface area contributed by atoms with Gasteiger partial charge >= 0.3 is 0 Å². The molecule has 0 saturated carbocycles. The van der Waals surface area contributed by atoms with E-state index in [4.69, 9.17) is 0 Å². The van der Waals surface area contributed by atoms with Crippen molar-refractivity contribution in [3.8, 4) is 0 Å². The first-order chi connectivity index (χ1) is 9.20. The smallest absolute Gasteiger partial charge is 0.248 e. The third-order valence-corrected chi connectivity index (χ3v) is 4.06. The zero-order valence-electron chi connectivity index (χ0n) is 12.2. The molecule has 0 bridgehead atoms. The average molecular weight is 262 g/mol. The van der Waals surface area contributed by atoms with E-state index in [9.17, 15) is 4.79 Å². The van der Waals surface area contributed by atoms with Gasteiger partial charge in [-0.25, -0.2) is 0 Å². The van der Waals surface area contributed by atoms with Crippen molar-refractivity contribution >= 4 is 0 Å². The van der Waals surface area contributed by atoms with E-state index in [-0.39, 0.29) is 5.56 Å². The summed E-state index contributed by atoms with van der Waals surface area (Å²) in [7, 11) is 0. The number of fused-ring (bicyclic) bond motifs is 1. The van der Waals surface area contributed by atoms with Gasteiger partial charge in [0.1, 0.15) is 0 Å². The van der Waals surface area contributed by atoms with E-state index in [1.807, 2.05) is 6.07 Å². The van der Waals surface area contributed by atoms with Gasteiger partial charge in [-0.2, -0.15) is 0 Å². The van der Waals surface area contributed by atoms with Crippen LogP contribution < -0.4 is 10.9 Å². The standard InChI is InChI=1S/C16H26N2O/c1-3-4-5-7-12(2)17-14-8-6-9-15-13(14)10-11-16(19)18-15/h10-12,14,17H,3-9H2,1-2H3,(H,18,19). The van der Waals surface area contributed by atoms with Gasteiger partial charge in [-0.05, 0) is 38.2 Å². The van der Waals surface area contributed by atoms with Gasteiger partial charge in [-0.1, -0.05) is 32.3 Å². The molecule has 0 fully saturated rings. The predicted molar refractivity (Wildman–Crippen MR) is 79.5 cm³/mol. The Morgan fingerprint density at radius 1 is 1.42 bits per heavy atom. The second kappa shape index (κ2) is 6.90. The summed E-state index contributed by atoms with van der Waals surface area (Å²) >= 11 is 0. The van der Waals surface area contributed by atoms with Crippen molar-refractivity contribution in [3.05, 3.63) is 33.7 Å². The molecule has 2 rings (SSSR count). The number of pyridine rings is 1. The van der Waals surface area contributed by atoms with Crippen molar-refractivity contribution in [2.24, 2.45) is 0 Å². The number of rotatable bonds is 6. The first-order valence-electron chi connectivity index (χ1n) is 7.69. The summed E-state index contributed by atoms with van der Waals surface area (Å²) in [4.78, 5) is 14.4. The highest BCUT2D eigenvalue weighted by Crippen LogP contribution is 2.28. The van der Waals surface area contributed by atoms with E-state index in [0.717, 1.165) is 18.5 Å². The molecule has 3 heteroatoms. The Morgan fingerprint density at radius 3 is 3.05 bits per heavy atom. The monoisotopic (exact) mass is 262 g/mol. The van der Waals surface area contributed by atoms with Crippen LogP contribution in [-0.2, 0) is 6.42 Å². The molecule has 0 amide bonds. The predicted octanol–water partition coefficient (Wildman–Crippen LogP) is 3.31. The zero-order valence-corrected chi connectivity index (χ0v) is 12.2. The molecule has 1 aliphatic carbocycles. The number of aromatic nitrogens is 1. The molecule has 1 aromatic rings. The largest absolute Gasteiger partial charge is 0.326 e. The molecular formula is C16H26N2O.